The number of anilines is 1. The predicted octanol–water partition coefficient (Wildman–Crippen LogP) is 2.94. The SMILES string of the molecule is COc1ccc2c(=O)n(OC)c(C(=O)Nc3ccc(C)cc3C)cc2c1. The lowest BCUT2D eigenvalue weighted by molar-refractivity contribution is 0.0952. The molecule has 2 aromatic carbocycles. The summed E-state index contributed by atoms with van der Waals surface area (Å²) >= 11 is 0. The van der Waals surface area contributed by atoms with Crippen LogP contribution in [0.15, 0.2) is 47.3 Å². The van der Waals surface area contributed by atoms with Crippen LogP contribution in [0.3, 0.4) is 0 Å². The van der Waals surface area contributed by atoms with E-state index in [2.05, 4.69) is 5.32 Å². The third-order valence-corrected chi connectivity index (χ3v) is 4.23. The van der Waals surface area contributed by atoms with E-state index in [-0.39, 0.29) is 5.69 Å². The molecular weight excluding hydrogens is 332 g/mol. The van der Waals surface area contributed by atoms with Gasteiger partial charge in [-0.1, -0.05) is 17.7 Å². The fourth-order valence-corrected chi connectivity index (χ4v) is 2.89. The topological polar surface area (TPSA) is 69.6 Å². The minimum absolute atomic E-state index is 0.109. The molecule has 1 N–H and O–H groups in total. The van der Waals surface area contributed by atoms with Crippen LogP contribution in [0.1, 0.15) is 21.6 Å². The molecule has 1 aromatic heterocycles. The summed E-state index contributed by atoms with van der Waals surface area (Å²) in [4.78, 5) is 30.6. The summed E-state index contributed by atoms with van der Waals surface area (Å²) in [6, 6.07) is 12.4. The van der Waals surface area contributed by atoms with Gasteiger partial charge in [-0.15, -0.1) is 4.73 Å². The van der Waals surface area contributed by atoms with Crippen molar-refractivity contribution in [2.75, 3.05) is 19.5 Å². The number of amides is 1. The molecule has 0 radical (unpaired) electrons. The molecular formula is C20H20N2O4. The van der Waals surface area contributed by atoms with Gasteiger partial charge in [0.05, 0.1) is 12.5 Å². The van der Waals surface area contributed by atoms with Gasteiger partial charge in [-0.2, -0.15) is 0 Å². The van der Waals surface area contributed by atoms with Crippen LogP contribution in [0, 0.1) is 13.8 Å². The Labute approximate surface area is 150 Å². The largest absolute Gasteiger partial charge is 0.497 e. The van der Waals surface area contributed by atoms with Gasteiger partial charge in [0.15, 0.2) is 0 Å². The van der Waals surface area contributed by atoms with Gasteiger partial charge in [0.2, 0.25) is 0 Å². The molecule has 1 amide bonds. The highest BCUT2D eigenvalue weighted by Gasteiger charge is 2.17. The van der Waals surface area contributed by atoms with Crippen molar-refractivity contribution in [3.8, 4) is 5.75 Å². The molecule has 0 saturated heterocycles. The molecule has 0 aliphatic carbocycles. The fourth-order valence-electron chi connectivity index (χ4n) is 2.89. The van der Waals surface area contributed by atoms with Crippen LogP contribution in [-0.2, 0) is 0 Å². The average Bonchev–Trinajstić information content (AvgIpc) is 2.63. The molecule has 1 heterocycles. The van der Waals surface area contributed by atoms with E-state index >= 15 is 0 Å². The summed E-state index contributed by atoms with van der Waals surface area (Å²) < 4.78 is 6.19. The Morgan fingerprint density at radius 1 is 1.04 bits per heavy atom. The third kappa shape index (κ3) is 3.13. The molecule has 0 aliphatic rings. The van der Waals surface area contributed by atoms with Gasteiger partial charge in [0.1, 0.15) is 18.6 Å². The zero-order valence-corrected chi connectivity index (χ0v) is 15.1. The van der Waals surface area contributed by atoms with E-state index in [0.717, 1.165) is 15.9 Å². The summed E-state index contributed by atoms with van der Waals surface area (Å²) in [5.41, 5.74) is 2.43. The molecule has 0 fully saturated rings. The summed E-state index contributed by atoms with van der Waals surface area (Å²) in [6.07, 6.45) is 0. The smallest absolute Gasteiger partial charge is 0.291 e. The standard InChI is InChI=1S/C20H20N2O4/c1-12-5-8-17(13(2)9-12)21-19(23)18-11-14-10-15(25-3)6-7-16(14)20(24)22(18)26-4/h5-11H,1-4H3,(H,21,23). The van der Waals surface area contributed by atoms with Crippen molar-refractivity contribution in [2.24, 2.45) is 0 Å². The van der Waals surface area contributed by atoms with Crippen molar-refractivity contribution in [1.82, 2.24) is 4.73 Å². The van der Waals surface area contributed by atoms with Crippen molar-refractivity contribution >= 4 is 22.4 Å². The number of hydrogen-bond acceptors (Lipinski definition) is 4. The van der Waals surface area contributed by atoms with Crippen LogP contribution in [0.5, 0.6) is 5.75 Å². The highest BCUT2D eigenvalue weighted by molar-refractivity contribution is 6.05. The Morgan fingerprint density at radius 2 is 1.81 bits per heavy atom. The van der Waals surface area contributed by atoms with E-state index < -0.39 is 11.5 Å². The van der Waals surface area contributed by atoms with Crippen molar-refractivity contribution in [2.45, 2.75) is 13.8 Å². The summed E-state index contributed by atoms with van der Waals surface area (Å²) in [5.74, 6) is 0.174. The van der Waals surface area contributed by atoms with E-state index in [1.807, 2.05) is 32.0 Å². The van der Waals surface area contributed by atoms with E-state index in [4.69, 9.17) is 9.57 Å². The first-order valence-electron chi connectivity index (χ1n) is 8.11. The first-order chi connectivity index (χ1) is 12.4. The van der Waals surface area contributed by atoms with E-state index in [1.54, 1.807) is 31.4 Å². The van der Waals surface area contributed by atoms with Gasteiger partial charge < -0.3 is 14.9 Å². The molecule has 0 aliphatic heterocycles. The van der Waals surface area contributed by atoms with E-state index in [1.165, 1.54) is 7.11 Å². The number of ether oxygens (including phenoxy) is 1. The number of rotatable bonds is 4. The average molecular weight is 352 g/mol. The third-order valence-electron chi connectivity index (χ3n) is 4.23. The maximum atomic E-state index is 12.8. The monoisotopic (exact) mass is 352 g/mol. The first-order valence-corrected chi connectivity index (χ1v) is 8.11. The molecule has 0 atom stereocenters. The summed E-state index contributed by atoms with van der Waals surface area (Å²) in [7, 11) is 2.90. The summed E-state index contributed by atoms with van der Waals surface area (Å²) in [6.45, 7) is 3.90. The second-order valence-corrected chi connectivity index (χ2v) is 6.04. The zero-order valence-electron chi connectivity index (χ0n) is 15.1. The maximum absolute atomic E-state index is 12.8. The Balaban J connectivity index is 2.10. The number of methoxy groups -OCH3 is 1. The zero-order chi connectivity index (χ0) is 18.8. The molecule has 3 rings (SSSR count). The van der Waals surface area contributed by atoms with Crippen LogP contribution >= 0.6 is 0 Å². The van der Waals surface area contributed by atoms with Crippen molar-refractivity contribution in [3.63, 3.8) is 0 Å². The lowest BCUT2D eigenvalue weighted by atomic mass is 10.1. The highest BCUT2D eigenvalue weighted by atomic mass is 16.7. The maximum Gasteiger partial charge on any atom is 0.291 e. The van der Waals surface area contributed by atoms with Gasteiger partial charge in [-0.05, 0) is 55.1 Å². The number of aryl methyl sites for hydroxylation is 2. The summed E-state index contributed by atoms with van der Waals surface area (Å²) in [5, 5.41) is 3.88. The Bertz CT molecular complexity index is 1050. The normalized spacial score (nSPS) is 10.6. The minimum atomic E-state index is -0.430. The molecule has 26 heavy (non-hydrogen) atoms. The van der Waals surface area contributed by atoms with Crippen LogP contribution < -0.4 is 20.5 Å². The first kappa shape index (κ1) is 17.5. The minimum Gasteiger partial charge on any atom is -0.497 e. The van der Waals surface area contributed by atoms with Crippen molar-refractivity contribution in [3.05, 3.63) is 69.6 Å². The van der Waals surface area contributed by atoms with Gasteiger partial charge in [0, 0.05) is 5.69 Å². The molecule has 0 spiro atoms. The number of pyridine rings is 1. The number of fused-ring (bicyclic) bond motifs is 1. The van der Waals surface area contributed by atoms with Gasteiger partial charge >= 0.3 is 0 Å². The Morgan fingerprint density at radius 3 is 2.46 bits per heavy atom. The molecule has 0 unspecified atom stereocenters. The second-order valence-electron chi connectivity index (χ2n) is 6.04. The van der Waals surface area contributed by atoms with Gasteiger partial charge in [-0.25, -0.2) is 0 Å². The number of carbonyl (C=O) groups is 1. The fraction of sp³-hybridized carbons (Fsp3) is 0.200. The Kier molecular flexibility index (Phi) is 4.67. The van der Waals surface area contributed by atoms with Crippen molar-refractivity contribution < 1.29 is 14.4 Å². The van der Waals surface area contributed by atoms with Gasteiger partial charge in [-0.3, -0.25) is 9.59 Å². The quantitative estimate of drug-likeness (QED) is 0.784. The lowest BCUT2D eigenvalue weighted by Gasteiger charge is -2.14. The van der Waals surface area contributed by atoms with Crippen LogP contribution in [0.2, 0.25) is 0 Å². The Hall–Kier alpha value is -3.28. The number of carbonyl (C=O) groups excluding carboxylic acids is 1. The molecule has 0 bridgehead atoms. The molecule has 6 heteroatoms. The van der Waals surface area contributed by atoms with Crippen LogP contribution in [-0.4, -0.2) is 24.9 Å². The van der Waals surface area contributed by atoms with Crippen LogP contribution in [0.4, 0.5) is 5.69 Å². The molecule has 3 aromatic rings. The highest BCUT2D eigenvalue weighted by Crippen LogP contribution is 2.21. The molecule has 6 nitrogen and oxygen atoms in total. The van der Waals surface area contributed by atoms with Gasteiger partial charge in [0.25, 0.3) is 11.5 Å². The van der Waals surface area contributed by atoms with Crippen LogP contribution in [0.25, 0.3) is 10.8 Å². The van der Waals surface area contributed by atoms with Crippen molar-refractivity contribution in [1.29, 1.82) is 0 Å². The molecule has 134 valence electrons. The molecule has 0 saturated carbocycles. The number of aromatic nitrogens is 1. The second kappa shape index (κ2) is 6.92. The number of nitrogens with zero attached hydrogens (tertiary/aromatic N) is 1. The number of nitrogens with one attached hydrogen (secondary N) is 1. The van der Waals surface area contributed by atoms with E-state index in [0.29, 0.717) is 22.2 Å². The number of benzene rings is 2. The lowest BCUT2D eigenvalue weighted by Crippen LogP contribution is -2.32. The number of hydrogen-bond donors (Lipinski definition) is 1. The predicted molar refractivity (Wildman–Crippen MR) is 101 cm³/mol. The van der Waals surface area contributed by atoms with E-state index in [9.17, 15) is 9.59 Å².